The second-order valence-electron chi connectivity index (χ2n) is 8.71. The number of unbranched alkanes of at least 4 members (excludes halogenated alkanes) is 9. The topological polar surface area (TPSA) is 84.6 Å². The number of carbonyl (C=O) groups is 1. The first-order chi connectivity index (χ1) is 15.6. The first kappa shape index (κ1) is 28.5. The van der Waals surface area contributed by atoms with Crippen LogP contribution in [0.2, 0.25) is 0 Å². The van der Waals surface area contributed by atoms with Crippen LogP contribution in [0.1, 0.15) is 102 Å². The van der Waals surface area contributed by atoms with Gasteiger partial charge in [-0.05, 0) is 38.3 Å². The highest BCUT2D eigenvalue weighted by molar-refractivity contribution is 5.76. The molecule has 2 atom stereocenters. The Balaban J connectivity index is 2.40. The van der Waals surface area contributed by atoms with Crippen LogP contribution in [0.5, 0.6) is 0 Å². The molecule has 0 aliphatic heterocycles. The smallest absolute Gasteiger partial charge is 0.224 e. The van der Waals surface area contributed by atoms with Gasteiger partial charge in [0.2, 0.25) is 5.91 Å². The predicted octanol–water partition coefficient (Wildman–Crippen LogP) is 5.59. The molecule has 0 radical (unpaired) electrons. The van der Waals surface area contributed by atoms with Gasteiger partial charge in [0.05, 0.1) is 19.1 Å². The average Bonchev–Trinajstić information content (AvgIpc) is 2.77. The molecule has 4 N–H and O–H groups in total. The Bertz CT molecular complexity index is 600. The van der Waals surface area contributed by atoms with Gasteiger partial charge in [0, 0.05) is 5.56 Å². The van der Waals surface area contributed by atoms with E-state index in [1.165, 1.54) is 51.0 Å². The number of rotatable bonds is 20. The quantitative estimate of drug-likeness (QED) is 0.178. The molecule has 0 aliphatic rings. The van der Waals surface area contributed by atoms with Crippen LogP contribution in [0.25, 0.3) is 0 Å². The Hall–Kier alpha value is -1.50. The normalized spacial score (nSPS) is 13.1. The van der Waals surface area contributed by atoms with E-state index >= 15 is 0 Å². The van der Waals surface area contributed by atoms with Gasteiger partial charge in [0.15, 0.2) is 0 Å². The molecular weight excluding hydrogens is 407 g/mol. The van der Waals surface area contributed by atoms with E-state index in [1.54, 1.807) is 18.2 Å². The number of nitrogens with one attached hydrogen (secondary N) is 1. The van der Waals surface area contributed by atoms with E-state index < -0.39 is 6.23 Å². The summed E-state index contributed by atoms with van der Waals surface area (Å²) in [6.45, 7) is 2.94. The fourth-order valence-corrected chi connectivity index (χ4v) is 3.76. The van der Waals surface area contributed by atoms with Crippen molar-refractivity contribution in [2.75, 3.05) is 6.54 Å². The predicted molar refractivity (Wildman–Crippen MR) is 128 cm³/mol. The number of carbonyl (C=O) groups excluding carboxylic acids is 1. The van der Waals surface area contributed by atoms with Gasteiger partial charge in [-0.15, -0.1) is 0 Å². The highest BCUT2D eigenvalue weighted by atomic mass is 19.1. The molecule has 6 heteroatoms. The fourth-order valence-electron chi connectivity index (χ4n) is 3.76. The minimum Gasteiger partial charge on any atom is -0.374 e. The zero-order valence-electron chi connectivity index (χ0n) is 20.0. The zero-order chi connectivity index (χ0) is 23.4. The van der Waals surface area contributed by atoms with Crippen molar-refractivity contribution in [1.29, 1.82) is 0 Å². The molecule has 5 nitrogen and oxygen atoms in total. The number of aliphatic hydroxyl groups is 1. The van der Waals surface area contributed by atoms with Crippen LogP contribution in [0.4, 0.5) is 4.39 Å². The van der Waals surface area contributed by atoms with E-state index in [4.69, 9.17) is 10.5 Å². The third kappa shape index (κ3) is 14.5. The number of aliphatic hydroxyl groups excluding tert-OH is 1. The Labute approximate surface area is 194 Å². The van der Waals surface area contributed by atoms with E-state index in [-0.39, 0.29) is 30.9 Å². The van der Waals surface area contributed by atoms with Crippen LogP contribution < -0.4 is 11.1 Å². The summed E-state index contributed by atoms with van der Waals surface area (Å²) in [4.78, 5) is 12.4. The fraction of sp³-hybridized carbons (Fsp3) is 0.731. The van der Waals surface area contributed by atoms with Crippen LogP contribution in [0, 0.1) is 5.82 Å². The second-order valence-corrected chi connectivity index (χ2v) is 8.71. The molecule has 0 bridgehead atoms. The van der Waals surface area contributed by atoms with Crippen LogP contribution in [0.15, 0.2) is 24.3 Å². The van der Waals surface area contributed by atoms with E-state index in [2.05, 4.69) is 12.2 Å². The van der Waals surface area contributed by atoms with Gasteiger partial charge >= 0.3 is 0 Å². The lowest BCUT2D eigenvalue weighted by molar-refractivity contribution is -0.127. The monoisotopic (exact) mass is 452 g/mol. The number of amides is 1. The minimum atomic E-state index is -0.867. The number of hydrogen-bond donors (Lipinski definition) is 3. The van der Waals surface area contributed by atoms with Gasteiger partial charge in [-0.25, -0.2) is 4.39 Å². The van der Waals surface area contributed by atoms with E-state index in [0.717, 1.165) is 32.1 Å². The summed E-state index contributed by atoms with van der Waals surface area (Å²) >= 11 is 0. The molecule has 0 saturated carbocycles. The molecule has 0 heterocycles. The highest BCUT2D eigenvalue weighted by Crippen LogP contribution is 2.17. The molecule has 0 spiro atoms. The molecule has 0 fully saturated rings. The number of ether oxygens (including phenoxy) is 1. The van der Waals surface area contributed by atoms with Crippen LogP contribution >= 0.6 is 0 Å². The maximum Gasteiger partial charge on any atom is 0.224 e. The molecule has 184 valence electrons. The van der Waals surface area contributed by atoms with Gasteiger partial charge in [0.1, 0.15) is 12.0 Å². The molecule has 0 aromatic heterocycles. The van der Waals surface area contributed by atoms with Crippen LogP contribution in [-0.4, -0.2) is 29.9 Å². The molecule has 0 aliphatic carbocycles. The summed E-state index contributed by atoms with van der Waals surface area (Å²) < 4.78 is 19.9. The molecule has 1 rings (SSSR count). The first-order valence-corrected chi connectivity index (χ1v) is 12.6. The Morgan fingerprint density at radius 3 is 2.28 bits per heavy atom. The van der Waals surface area contributed by atoms with Crippen LogP contribution in [-0.2, 0) is 16.1 Å². The highest BCUT2D eigenvalue weighted by Gasteiger charge is 2.17. The first-order valence-electron chi connectivity index (χ1n) is 12.6. The lowest BCUT2D eigenvalue weighted by Gasteiger charge is -2.20. The molecular formula is C26H45FN2O3. The molecule has 1 unspecified atom stereocenters. The minimum absolute atomic E-state index is 0.140. The lowest BCUT2D eigenvalue weighted by atomic mass is 10.0. The van der Waals surface area contributed by atoms with Gasteiger partial charge in [-0.3, -0.25) is 4.79 Å². The molecule has 1 aromatic rings. The Morgan fingerprint density at radius 1 is 1.00 bits per heavy atom. The summed E-state index contributed by atoms with van der Waals surface area (Å²) in [5.74, 6) is -0.534. The van der Waals surface area contributed by atoms with Crippen molar-refractivity contribution in [2.45, 2.75) is 116 Å². The van der Waals surface area contributed by atoms with E-state index in [9.17, 15) is 14.3 Å². The molecule has 0 saturated heterocycles. The zero-order valence-corrected chi connectivity index (χ0v) is 20.0. The van der Waals surface area contributed by atoms with E-state index in [1.807, 2.05) is 0 Å². The number of hydrogen-bond acceptors (Lipinski definition) is 4. The van der Waals surface area contributed by atoms with Gasteiger partial charge in [0.25, 0.3) is 0 Å². The largest absolute Gasteiger partial charge is 0.374 e. The third-order valence-corrected chi connectivity index (χ3v) is 5.73. The molecule has 1 amide bonds. The lowest BCUT2D eigenvalue weighted by Crippen LogP contribution is -2.37. The standard InChI is InChI=1S/C26H45FN2O3/c1-2-3-4-5-6-7-8-9-10-16-23(32-21-22-15-11-12-17-24(22)27)20-26(31)29-25(30)18-13-14-19-28/h11-12,15,17,23,25,30H,2-10,13-14,16,18-21,28H2,1H3,(H,29,31)/t23?,25-/m1/s1. The Morgan fingerprint density at radius 2 is 1.62 bits per heavy atom. The maximum atomic E-state index is 13.9. The second kappa shape index (κ2) is 19.0. The van der Waals surface area contributed by atoms with Gasteiger partial charge in [-0.1, -0.05) is 82.9 Å². The van der Waals surface area contributed by atoms with Crippen molar-refractivity contribution < 1.29 is 19.0 Å². The summed E-state index contributed by atoms with van der Waals surface area (Å²) in [6, 6.07) is 6.55. The van der Waals surface area contributed by atoms with Crippen molar-refractivity contribution >= 4 is 5.91 Å². The summed E-state index contributed by atoms with van der Waals surface area (Å²) in [7, 11) is 0. The SMILES string of the molecule is CCCCCCCCCCCC(CC(=O)N[C@H](O)CCCCN)OCc1ccccc1F. The van der Waals surface area contributed by atoms with Gasteiger partial charge in [-0.2, -0.15) is 0 Å². The van der Waals surface area contributed by atoms with Crippen molar-refractivity contribution in [2.24, 2.45) is 5.73 Å². The van der Waals surface area contributed by atoms with Crippen LogP contribution in [0.3, 0.4) is 0 Å². The number of nitrogens with two attached hydrogens (primary N) is 1. The number of halogens is 1. The Kier molecular flexibility index (Phi) is 17.0. The summed E-state index contributed by atoms with van der Waals surface area (Å²) in [6.07, 6.45) is 12.9. The molecule has 32 heavy (non-hydrogen) atoms. The summed E-state index contributed by atoms with van der Waals surface area (Å²) in [5, 5.41) is 12.6. The third-order valence-electron chi connectivity index (χ3n) is 5.73. The van der Waals surface area contributed by atoms with Crippen molar-refractivity contribution in [3.05, 3.63) is 35.6 Å². The van der Waals surface area contributed by atoms with Gasteiger partial charge < -0.3 is 20.9 Å². The van der Waals surface area contributed by atoms with Crippen molar-refractivity contribution in [1.82, 2.24) is 5.32 Å². The summed E-state index contributed by atoms with van der Waals surface area (Å²) in [5.41, 5.74) is 5.96. The van der Waals surface area contributed by atoms with Crippen molar-refractivity contribution in [3.8, 4) is 0 Å². The maximum absolute atomic E-state index is 13.9. The van der Waals surface area contributed by atoms with Crippen molar-refractivity contribution in [3.63, 3.8) is 0 Å². The molecule has 1 aromatic carbocycles. The number of benzene rings is 1. The van der Waals surface area contributed by atoms with E-state index in [0.29, 0.717) is 18.5 Å². The average molecular weight is 453 g/mol.